The van der Waals surface area contributed by atoms with Crippen LogP contribution in [0, 0.1) is 0 Å². The van der Waals surface area contributed by atoms with Gasteiger partial charge in [-0.2, -0.15) is 11.8 Å². The normalized spacial score (nSPS) is 35.2. The molecule has 5 heteroatoms. The lowest BCUT2D eigenvalue weighted by molar-refractivity contribution is -0.172. The zero-order valence-corrected chi connectivity index (χ0v) is 14.1. The van der Waals surface area contributed by atoms with Crippen molar-refractivity contribution in [3.63, 3.8) is 0 Å². The molecule has 116 valence electrons. The van der Waals surface area contributed by atoms with E-state index >= 15 is 0 Å². The van der Waals surface area contributed by atoms with Crippen molar-refractivity contribution in [3.8, 4) is 0 Å². The van der Waals surface area contributed by atoms with Crippen molar-refractivity contribution in [2.45, 2.75) is 62.8 Å². The van der Waals surface area contributed by atoms with E-state index < -0.39 is 0 Å². The van der Waals surface area contributed by atoms with E-state index in [1.807, 2.05) is 11.8 Å². The molecule has 3 aliphatic rings. The summed E-state index contributed by atoms with van der Waals surface area (Å²) >= 11 is 1.92. The van der Waals surface area contributed by atoms with Gasteiger partial charge in [0.15, 0.2) is 6.35 Å². The zero-order chi connectivity index (χ0) is 14.5. The number of aliphatic hydroxyl groups excluding tert-OH is 1. The van der Waals surface area contributed by atoms with Crippen molar-refractivity contribution < 1.29 is 5.11 Å². The van der Waals surface area contributed by atoms with Crippen molar-refractivity contribution in [1.29, 1.82) is 0 Å². The molecule has 0 aromatic rings. The third-order valence-electron chi connectivity index (χ3n) is 5.29. The monoisotopic (exact) mass is 299 g/mol. The molecule has 0 aromatic heterocycles. The first-order valence-electron chi connectivity index (χ1n) is 7.87. The third kappa shape index (κ3) is 2.63. The van der Waals surface area contributed by atoms with Gasteiger partial charge in [-0.05, 0) is 39.9 Å². The molecule has 20 heavy (non-hydrogen) atoms. The number of hydrogen-bond acceptors (Lipinski definition) is 5. The molecule has 3 heterocycles. The summed E-state index contributed by atoms with van der Waals surface area (Å²) in [5, 5.41) is 11.4. The van der Waals surface area contributed by atoms with Gasteiger partial charge in [0.05, 0.1) is 0 Å². The quantitative estimate of drug-likeness (QED) is 0.847. The molecule has 0 saturated carbocycles. The SMILES string of the molecule is CSC1CN(C(O)N2C3CCC2CN(C(C)(C)C)C3)C1. The zero-order valence-electron chi connectivity index (χ0n) is 13.2. The lowest BCUT2D eigenvalue weighted by atomic mass is 10.0. The number of rotatable bonds is 3. The summed E-state index contributed by atoms with van der Waals surface area (Å²) in [5.74, 6) is 0. The maximum absolute atomic E-state index is 10.7. The smallest absolute Gasteiger partial charge is 0.166 e. The molecular formula is C15H29N3OS. The van der Waals surface area contributed by atoms with Gasteiger partial charge < -0.3 is 5.11 Å². The first-order chi connectivity index (χ1) is 9.40. The van der Waals surface area contributed by atoms with E-state index in [9.17, 15) is 5.11 Å². The first kappa shape index (κ1) is 15.1. The van der Waals surface area contributed by atoms with Crippen LogP contribution in [0.4, 0.5) is 0 Å². The Kier molecular flexibility index (Phi) is 4.10. The first-order valence-corrected chi connectivity index (χ1v) is 9.16. The van der Waals surface area contributed by atoms with E-state index in [0.29, 0.717) is 12.1 Å². The lowest BCUT2D eigenvalue weighted by Crippen LogP contribution is -2.67. The number of thioether (sulfide) groups is 1. The fourth-order valence-corrected chi connectivity index (χ4v) is 4.54. The molecule has 0 amide bonds. The van der Waals surface area contributed by atoms with E-state index in [1.54, 1.807) is 0 Å². The predicted molar refractivity (Wildman–Crippen MR) is 84.9 cm³/mol. The van der Waals surface area contributed by atoms with E-state index in [0.717, 1.165) is 31.4 Å². The largest absolute Gasteiger partial charge is 0.365 e. The van der Waals surface area contributed by atoms with Crippen LogP contribution in [0.25, 0.3) is 0 Å². The van der Waals surface area contributed by atoms with Crippen molar-refractivity contribution in [2.24, 2.45) is 0 Å². The summed E-state index contributed by atoms with van der Waals surface area (Å²) in [7, 11) is 0. The number of hydrogen-bond donors (Lipinski definition) is 1. The minimum Gasteiger partial charge on any atom is -0.365 e. The second kappa shape index (κ2) is 5.43. The highest BCUT2D eigenvalue weighted by atomic mass is 32.2. The molecule has 3 aliphatic heterocycles. The molecule has 0 aliphatic carbocycles. The van der Waals surface area contributed by atoms with Crippen LogP contribution in [0.15, 0.2) is 0 Å². The molecule has 4 nitrogen and oxygen atoms in total. The molecule has 3 unspecified atom stereocenters. The maximum atomic E-state index is 10.7. The Bertz CT molecular complexity index is 340. The molecule has 0 spiro atoms. The number of nitrogens with zero attached hydrogens (tertiary/aromatic N) is 3. The summed E-state index contributed by atoms with van der Waals surface area (Å²) in [5.41, 5.74) is 0.249. The Balaban J connectivity index is 1.62. The molecule has 0 radical (unpaired) electrons. The number of piperazine rings is 1. The summed E-state index contributed by atoms with van der Waals surface area (Å²) in [6, 6.07) is 1.08. The van der Waals surface area contributed by atoms with Gasteiger partial charge in [0, 0.05) is 49.1 Å². The van der Waals surface area contributed by atoms with E-state index in [1.165, 1.54) is 12.8 Å². The number of likely N-dealkylation sites (tertiary alicyclic amines) is 2. The van der Waals surface area contributed by atoms with Crippen molar-refractivity contribution in [1.82, 2.24) is 14.7 Å². The lowest BCUT2D eigenvalue weighted by Gasteiger charge is -2.52. The van der Waals surface area contributed by atoms with Gasteiger partial charge in [0.1, 0.15) is 0 Å². The molecule has 2 bridgehead atoms. The van der Waals surface area contributed by atoms with Crippen LogP contribution in [0.5, 0.6) is 0 Å². The molecular weight excluding hydrogens is 270 g/mol. The minimum atomic E-state index is -0.349. The number of aliphatic hydroxyl groups is 1. The highest BCUT2D eigenvalue weighted by molar-refractivity contribution is 7.99. The molecule has 0 aromatic carbocycles. The van der Waals surface area contributed by atoms with Crippen LogP contribution < -0.4 is 0 Å². The Hall–Kier alpha value is 0.190. The van der Waals surface area contributed by atoms with E-state index in [-0.39, 0.29) is 11.9 Å². The summed E-state index contributed by atoms with van der Waals surface area (Å²) in [6.45, 7) is 11.2. The second-order valence-electron chi connectivity index (χ2n) is 7.57. The van der Waals surface area contributed by atoms with E-state index in [2.05, 4.69) is 41.7 Å². The van der Waals surface area contributed by atoms with Crippen LogP contribution >= 0.6 is 11.8 Å². The fraction of sp³-hybridized carbons (Fsp3) is 1.00. The Labute approximate surface area is 127 Å². The van der Waals surface area contributed by atoms with Crippen molar-refractivity contribution >= 4 is 11.8 Å². The van der Waals surface area contributed by atoms with Crippen LogP contribution in [-0.2, 0) is 0 Å². The van der Waals surface area contributed by atoms with Crippen LogP contribution in [0.3, 0.4) is 0 Å². The molecule has 3 atom stereocenters. The van der Waals surface area contributed by atoms with Gasteiger partial charge in [-0.3, -0.25) is 14.7 Å². The third-order valence-corrected chi connectivity index (χ3v) is 6.26. The van der Waals surface area contributed by atoms with Crippen molar-refractivity contribution in [2.75, 3.05) is 32.4 Å². The Morgan fingerprint density at radius 3 is 2.05 bits per heavy atom. The summed E-state index contributed by atoms with van der Waals surface area (Å²) in [6.07, 6.45) is 4.31. The maximum Gasteiger partial charge on any atom is 0.166 e. The van der Waals surface area contributed by atoms with E-state index in [4.69, 9.17) is 0 Å². The van der Waals surface area contributed by atoms with Crippen molar-refractivity contribution in [3.05, 3.63) is 0 Å². The second-order valence-corrected chi connectivity index (χ2v) is 8.70. The predicted octanol–water partition coefficient (Wildman–Crippen LogP) is 1.26. The standard InChI is InChI=1S/C15H29N3OS/c1-15(2,3)17-7-11-5-6-12(8-17)18(11)14(19)16-9-13(10-16)20-4/h11-14,19H,5-10H2,1-4H3. The summed E-state index contributed by atoms with van der Waals surface area (Å²) < 4.78 is 0. The van der Waals surface area contributed by atoms with Gasteiger partial charge in [-0.15, -0.1) is 0 Å². The highest BCUT2D eigenvalue weighted by Gasteiger charge is 2.47. The fourth-order valence-electron chi connectivity index (χ4n) is 3.86. The average Bonchev–Trinajstić information content (AvgIpc) is 2.56. The minimum absolute atomic E-state index is 0.249. The van der Waals surface area contributed by atoms with Gasteiger partial charge >= 0.3 is 0 Å². The number of fused-ring (bicyclic) bond motifs is 2. The van der Waals surface area contributed by atoms with Gasteiger partial charge in [0.2, 0.25) is 0 Å². The van der Waals surface area contributed by atoms with Gasteiger partial charge in [0.25, 0.3) is 0 Å². The highest BCUT2D eigenvalue weighted by Crippen LogP contribution is 2.36. The van der Waals surface area contributed by atoms with Gasteiger partial charge in [-0.1, -0.05) is 0 Å². The molecule has 3 rings (SSSR count). The molecule has 1 N–H and O–H groups in total. The van der Waals surface area contributed by atoms with Crippen LogP contribution in [0.1, 0.15) is 33.6 Å². The topological polar surface area (TPSA) is 30.0 Å². The van der Waals surface area contributed by atoms with Crippen LogP contribution in [-0.4, -0.2) is 81.5 Å². The Morgan fingerprint density at radius 1 is 1.05 bits per heavy atom. The molecule has 3 saturated heterocycles. The average molecular weight is 299 g/mol. The van der Waals surface area contributed by atoms with Gasteiger partial charge in [-0.25, -0.2) is 0 Å². The van der Waals surface area contributed by atoms with Crippen LogP contribution in [0.2, 0.25) is 0 Å². The Morgan fingerprint density at radius 2 is 1.60 bits per heavy atom. The summed E-state index contributed by atoms with van der Waals surface area (Å²) in [4.78, 5) is 7.23. The molecule has 3 fully saturated rings.